The third-order valence-corrected chi connectivity index (χ3v) is 9.45. The molecule has 0 amide bonds. The first-order valence-corrected chi connectivity index (χ1v) is 16.0. The molecule has 10 rings (SSSR count). The lowest BCUT2D eigenvalue weighted by Crippen LogP contribution is -1.98. The van der Waals surface area contributed by atoms with E-state index in [1.54, 1.807) is 0 Å². The van der Waals surface area contributed by atoms with E-state index in [1.807, 2.05) is 0 Å². The molecule has 10 aromatic rings. The summed E-state index contributed by atoms with van der Waals surface area (Å²) in [6, 6.07) is 58.5. The molecule has 0 atom stereocenters. The van der Waals surface area contributed by atoms with Gasteiger partial charge in [-0.2, -0.15) is 0 Å². The van der Waals surface area contributed by atoms with E-state index in [2.05, 4.69) is 184 Å². The molecule has 0 unspecified atom stereocenters. The van der Waals surface area contributed by atoms with Crippen LogP contribution in [0.5, 0.6) is 0 Å². The van der Waals surface area contributed by atoms with Gasteiger partial charge in [-0.25, -0.2) is 4.98 Å². The molecule has 3 heterocycles. The van der Waals surface area contributed by atoms with E-state index in [-0.39, 0.29) is 0 Å². The zero-order valence-corrected chi connectivity index (χ0v) is 25.5. The maximum Gasteiger partial charge on any atom is 0.145 e. The summed E-state index contributed by atoms with van der Waals surface area (Å²) in [5.74, 6) is 0.931. The van der Waals surface area contributed by atoms with E-state index in [4.69, 9.17) is 4.98 Å². The molecule has 47 heavy (non-hydrogen) atoms. The molecule has 0 bridgehead atoms. The fourth-order valence-electron chi connectivity index (χ4n) is 7.31. The number of rotatable bonds is 4. The molecule has 4 nitrogen and oxygen atoms in total. The van der Waals surface area contributed by atoms with Gasteiger partial charge in [-0.05, 0) is 90.3 Å². The van der Waals surface area contributed by atoms with Gasteiger partial charge < -0.3 is 9.13 Å². The van der Waals surface area contributed by atoms with E-state index < -0.39 is 0 Å². The number of fused-ring (bicyclic) bond motifs is 7. The fraction of sp³-hybridized carbons (Fsp3) is 0. The molecule has 0 spiro atoms. The normalized spacial score (nSPS) is 11.8. The van der Waals surface area contributed by atoms with Crippen LogP contribution in [0.15, 0.2) is 170 Å². The zero-order chi connectivity index (χ0) is 30.9. The molecule has 220 valence electrons. The first kappa shape index (κ1) is 25.9. The van der Waals surface area contributed by atoms with Gasteiger partial charge in [0.05, 0.1) is 27.6 Å². The van der Waals surface area contributed by atoms with Gasteiger partial charge in [0, 0.05) is 50.4 Å². The molecule has 0 N–H and O–H groups in total. The summed E-state index contributed by atoms with van der Waals surface area (Å²) in [7, 11) is 0. The lowest BCUT2D eigenvalue weighted by Gasteiger charge is -2.13. The molecule has 0 radical (unpaired) electrons. The quantitative estimate of drug-likeness (QED) is 0.197. The van der Waals surface area contributed by atoms with Crippen LogP contribution in [0.2, 0.25) is 0 Å². The summed E-state index contributed by atoms with van der Waals surface area (Å²) in [6.07, 6.45) is 2.17. The van der Waals surface area contributed by atoms with Gasteiger partial charge in [-0.3, -0.25) is 4.57 Å². The first-order chi connectivity index (χ1) is 23.3. The van der Waals surface area contributed by atoms with Crippen molar-refractivity contribution in [1.82, 2.24) is 18.7 Å². The highest BCUT2D eigenvalue weighted by molar-refractivity contribution is 6.20. The molecule has 3 aromatic heterocycles. The van der Waals surface area contributed by atoms with E-state index in [0.29, 0.717) is 0 Å². The largest absolute Gasteiger partial charge is 0.317 e. The van der Waals surface area contributed by atoms with Gasteiger partial charge in [0.1, 0.15) is 5.82 Å². The molecule has 0 fully saturated rings. The standard InChI is InChI=1S/C43H28N4/c1-3-11-32(12-4-1)45-26-25-31-27-30-21-24-36-35-15-7-9-17-39(35)46(42(36)37(30)28-41(31)45)34-22-19-29(20-23-34)43-44-38-16-8-10-18-40(38)47(43)33-13-5-2-6-14-33/h1-28H. The molecule has 0 aliphatic carbocycles. The van der Waals surface area contributed by atoms with Crippen molar-refractivity contribution in [2.24, 2.45) is 0 Å². The second kappa shape index (κ2) is 10.1. The van der Waals surface area contributed by atoms with Crippen molar-refractivity contribution in [3.8, 4) is 28.5 Å². The van der Waals surface area contributed by atoms with E-state index >= 15 is 0 Å². The summed E-state index contributed by atoms with van der Waals surface area (Å²) in [5.41, 5.74) is 10.1. The second-order valence-corrected chi connectivity index (χ2v) is 12.1. The second-order valence-electron chi connectivity index (χ2n) is 12.1. The zero-order valence-electron chi connectivity index (χ0n) is 25.5. The van der Waals surface area contributed by atoms with Gasteiger partial charge in [0.15, 0.2) is 0 Å². The Morgan fingerprint density at radius 2 is 1.09 bits per heavy atom. The van der Waals surface area contributed by atoms with Crippen LogP contribution in [-0.4, -0.2) is 18.7 Å². The summed E-state index contributed by atoms with van der Waals surface area (Å²) in [6.45, 7) is 0. The van der Waals surface area contributed by atoms with Gasteiger partial charge in [0.2, 0.25) is 0 Å². The van der Waals surface area contributed by atoms with Crippen molar-refractivity contribution in [1.29, 1.82) is 0 Å². The monoisotopic (exact) mass is 600 g/mol. The van der Waals surface area contributed by atoms with Crippen LogP contribution in [0.25, 0.3) is 83.0 Å². The van der Waals surface area contributed by atoms with Crippen LogP contribution in [0, 0.1) is 0 Å². The van der Waals surface area contributed by atoms with Crippen LogP contribution in [0.3, 0.4) is 0 Å². The summed E-state index contributed by atoms with van der Waals surface area (Å²) in [5, 5.41) is 6.19. The lowest BCUT2D eigenvalue weighted by molar-refractivity contribution is 1.10. The maximum absolute atomic E-state index is 5.10. The minimum atomic E-state index is 0.931. The highest BCUT2D eigenvalue weighted by Crippen LogP contribution is 2.39. The third-order valence-electron chi connectivity index (χ3n) is 9.45. The summed E-state index contributed by atoms with van der Waals surface area (Å²) >= 11 is 0. The Hall–Kier alpha value is -6.39. The summed E-state index contributed by atoms with van der Waals surface area (Å²) in [4.78, 5) is 5.10. The van der Waals surface area contributed by atoms with E-state index in [0.717, 1.165) is 39.5 Å². The predicted molar refractivity (Wildman–Crippen MR) is 195 cm³/mol. The highest BCUT2D eigenvalue weighted by Gasteiger charge is 2.18. The van der Waals surface area contributed by atoms with Crippen molar-refractivity contribution >= 4 is 54.5 Å². The smallest absolute Gasteiger partial charge is 0.145 e. The van der Waals surface area contributed by atoms with Gasteiger partial charge in [0.25, 0.3) is 0 Å². The predicted octanol–water partition coefficient (Wildman–Crippen LogP) is 10.9. The molecule has 0 aliphatic rings. The Labute approximate surface area is 271 Å². The van der Waals surface area contributed by atoms with Crippen LogP contribution in [0.1, 0.15) is 0 Å². The van der Waals surface area contributed by atoms with Crippen LogP contribution >= 0.6 is 0 Å². The topological polar surface area (TPSA) is 27.7 Å². The van der Waals surface area contributed by atoms with Crippen molar-refractivity contribution < 1.29 is 0 Å². The average molecular weight is 601 g/mol. The number of imidazole rings is 1. The average Bonchev–Trinajstić information content (AvgIpc) is 3.83. The Kier molecular flexibility index (Phi) is 5.54. The molecule has 0 saturated heterocycles. The fourth-order valence-corrected chi connectivity index (χ4v) is 7.31. The molecule has 0 aliphatic heterocycles. The maximum atomic E-state index is 5.10. The summed E-state index contributed by atoms with van der Waals surface area (Å²) < 4.78 is 6.97. The first-order valence-electron chi connectivity index (χ1n) is 16.0. The Balaban J connectivity index is 1.20. The number of aromatic nitrogens is 4. The van der Waals surface area contributed by atoms with Gasteiger partial charge in [-0.1, -0.05) is 78.9 Å². The van der Waals surface area contributed by atoms with Crippen molar-refractivity contribution in [3.63, 3.8) is 0 Å². The third kappa shape index (κ3) is 3.92. The molecular weight excluding hydrogens is 573 g/mol. The Morgan fingerprint density at radius 3 is 1.89 bits per heavy atom. The minimum absolute atomic E-state index is 0.931. The highest BCUT2D eigenvalue weighted by atomic mass is 15.1. The lowest BCUT2D eigenvalue weighted by atomic mass is 10.0. The van der Waals surface area contributed by atoms with Crippen molar-refractivity contribution in [3.05, 3.63) is 170 Å². The Bertz CT molecular complexity index is 2760. The van der Waals surface area contributed by atoms with Crippen LogP contribution < -0.4 is 0 Å². The molecule has 4 heteroatoms. The van der Waals surface area contributed by atoms with Crippen LogP contribution in [0.4, 0.5) is 0 Å². The van der Waals surface area contributed by atoms with E-state index in [1.165, 1.54) is 43.5 Å². The molecule has 0 saturated carbocycles. The Morgan fingerprint density at radius 1 is 0.404 bits per heavy atom. The van der Waals surface area contributed by atoms with Gasteiger partial charge >= 0.3 is 0 Å². The van der Waals surface area contributed by atoms with Crippen LogP contribution in [-0.2, 0) is 0 Å². The number of hydrogen-bond donors (Lipinski definition) is 0. The molecular formula is C43H28N4. The number of benzene rings is 7. The number of hydrogen-bond acceptors (Lipinski definition) is 1. The number of nitrogens with zero attached hydrogens (tertiary/aromatic N) is 4. The van der Waals surface area contributed by atoms with Gasteiger partial charge in [-0.15, -0.1) is 0 Å². The van der Waals surface area contributed by atoms with Crippen molar-refractivity contribution in [2.75, 3.05) is 0 Å². The SMILES string of the molecule is c1ccc(-n2ccc3cc4ccc5c6ccccc6n(-c6ccc(-c7nc8ccccc8n7-c7ccccc7)cc6)c5c4cc32)cc1. The van der Waals surface area contributed by atoms with Crippen molar-refractivity contribution in [2.45, 2.75) is 0 Å². The minimum Gasteiger partial charge on any atom is -0.317 e. The number of para-hydroxylation sites is 5. The van der Waals surface area contributed by atoms with E-state index in [9.17, 15) is 0 Å². The molecule has 7 aromatic carbocycles.